The van der Waals surface area contributed by atoms with Crippen LogP contribution in [-0.2, 0) is 4.74 Å². The first-order chi connectivity index (χ1) is 14.2. The molecule has 140 valence electrons. The molecule has 29 heavy (non-hydrogen) atoms. The Morgan fingerprint density at radius 3 is 2.31 bits per heavy atom. The summed E-state index contributed by atoms with van der Waals surface area (Å²) in [6.07, 6.45) is 0.553. The Kier molecular flexibility index (Phi) is 4.91. The van der Waals surface area contributed by atoms with E-state index >= 15 is 0 Å². The van der Waals surface area contributed by atoms with Crippen LogP contribution >= 0.6 is 0 Å². The van der Waals surface area contributed by atoms with E-state index < -0.39 is 12.1 Å². The molecule has 1 N–H and O–H groups in total. The highest BCUT2D eigenvalue weighted by molar-refractivity contribution is 6.11. The lowest BCUT2D eigenvalue weighted by molar-refractivity contribution is 0.0280. The first-order valence-corrected chi connectivity index (χ1v) is 9.04. The molecule has 5 heteroatoms. The molecular weight excluding hydrogens is 364 g/mol. The number of Topliss-reactive ketones (excluding diaryl/α,β-unsaturated/α-hetero) is 1. The topological polar surface area (TPSA) is 82.9 Å². The predicted octanol–water partition coefficient (Wildman–Crippen LogP) is 4.82. The number of carbonyl (C=O) groups excluding carboxylic acids is 2. The van der Waals surface area contributed by atoms with Crippen molar-refractivity contribution in [3.8, 4) is 6.07 Å². The highest BCUT2D eigenvalue weighted by atomic mass is 16.5. The van der Waals surface area contributed by atoms with E-state index in [0.29, 0.717) is 16.7 Å². The van der Waals surface area contributed by atoms with Crippen LogP contribution in [0.5, 0.6) is 0 Å². The van der Waals surface area contributed by atoms with Gasteiger partial charge in [-0.3, -0.25) is 4.79 Å². The molecule has 4 rings (SSSR count). The van der Waals surface area contributed by atoms with Crippen molar-refractivity contribution in [2.45, 2.75) is 6.10 Å². The van der Waals surface area contributed by atoms with Gasteiger partial charge < -0.3 is 9.72 Å². The Balaban J connectivity index is 1.69. The normalized spacial score (nSPS) is 11.6. The van der Waals surface area contributed by atoms with Crippen LogP contribution in [-0.4, -0.2) is 16.7 Å². The molecule has 1 aromatic heterocycles. The van der Waals surface area contributed by atoms with Gasteiger partial charge in [0.25, 0.3) is 0 Å². The van der Waals surface area contributed by atoms with Crippen molar-refractivity contribution in [1.82, 2.24) is 4.98 Å². The third-order valence-corrected chi connectivity index (χ3v) is 4.67. The minimum atomic E-state index is -1.08. The molecule has 0 saturated heterocycles. The van der Waals surface area contributed by atoms with Crippen molar-refractivity contribution in [2.24, 2.45) is 0 Å². The zero-order chi connectivity index (χ0) is 20.2. The number of H-pyrrole nitrogens is 1. The van der Waals surface area contributed by atoms with Gasteiger partial charge in [-0.15, -0.1) is 0 Å². The lowest BCUT2D eigenvalue weighted by Crippen LogP contribution is -2.20. The predicted molar refractivity (Wildman–Crippen MR) is 108 cm³/mol. The second-order valence-corrected chi connectivity index (χ2v) is 6.50. The molecule has 1 heterocycles. The molecule has 0 fully saturated rings. The maximum Gasteiger partial charge on any atom is 0.339 e. The number of nitriles is 1. The van der Waals surface area contributed by atoms with Crippen LogP contribution < -0.4 is 0 Å². The fraction of sp³-hybridized carbons (Fsp3) is 0.0417. The molecule has 4 aromatic rings. The number of aromatic amines is 1. The summed E-state index contributed by atoms with van der Waals surface area (Å²) >= 11 is 0. The fourth-order valence-corrected chi connectivity index (χ4v) is 3.17. The van der Waals surface area contributed by atoms with Crippen LogP contribution in [0.25, 0.3) is 10.9 Å². The lowest BCUT2D eigenvalue weighted by Gasteiger charge is -2.17. The monoisotopic (exact) mass is 380 g/mol. The van der Waals surface area contributed by atoms with Gasteiger partial charge in [0.1, 0.15) is 0 Å². The van der Waals surface area contributed by atoms with Crippen molar-refractivity contribution >= 4 is 22.7 Å². The molecule has 0 saturated carbocycles. The standard InChI is InChI=1S/C24H16N2O3/c25-14-16-10-12-18(13-11-16)24(28)29-23(17-6-2-1-3-7-17)22(27)20-15-26-21-9-5-4-8-19(20)21/h1-13,15,23,26H/t23-/m1/s1. The van der Waals surface area contributed by atoms with Crippen molar-refractivity contribution in [3.05, 3.63) is 107 Å². The van der Waals surface area contributed by atoms with Crippen LogP contribution in [0.15, 0.2) is 85.1 Å². The minimum Gasteiger partial charge on any atom is -0.445 e. The van der Waals surface area contributed by atoms with E-state index in [0.717, 1.165) is 10.9 Å². The quantitative estimate of drug-likeness (QED) is 0.397. The molecule has 1 atom stereocenters. The number of ether oxygens (including phenoxy) is 1. The van der Waals surface area contributed by atoms with E-state index in [1.54, 1.807) is 30.5 Å². The van der Waals surface area contributed by atoms with E-state index in [1.165, 1.54) is 24.3 Å². The third kappa shape index (κ3) is 3.64. The summed E-state index contributed by atoms with van der Waals surface area (Å²) in [4.78, 5) is 29.1. The van der Waals surface area contributed by atoms with Gasteiger partial charge >= 0.3 is 5.97 Å². The van der Waals surface area contributed by atoms with Gasteiger partial charge in [0.2, 0.25) is 5.78 Å². The molecule has 0 amide bonds. The number of esters is 1. The first-order valence-electron chi connectivity index (χ1n) is 9.04. The van der Waals surface area contributed by atoms with Gasteiger partial charge in [0.05, 0.1) is 17.2 Å². The average Bonchev–Trinajstić information content (AvgIpc) is 3.22. The molecule has 0 radical (unpaired) electrons. The van der Waals surface area contributed by atoms with E-state index in [1.807, 2.05) is 36.4 Å². The van der Waals surface area contributed by atoms with Crippen molar-refractivity contribution in [2.75, 3.05) is 0 Å². The highest BCUT2D eigenvalue weighted by Crippen LogP contribution is 2.28. The molecule has 0 aliphatic rings. The Hall–Kier alpha value is -4.17. The zero-order valence-electron chi connectivity index (χ0n) is 15.3. The van der Waals surface area contributed by atoms with Gasteiger partial charge in [-0.1, -0.05) is 48.5 Å². The van der Waals surface area contributed by atoms with Gasteiger partial charge in [-0.25, -0.2) is 4.79 Å². The Bertz CT molecular complexity index is 1220. The van der Waals surface area contributed by atoms with Gasteiger partial charge in [-0.05, 0) is 30.3 Å². The Labute approximate surface area is 167 Å². The summed E-state index contributed by atoms with van der Waals surface area (Å²) in [5.74, 6) is -0.938. The summed E-state index contributed by atoms with van der Waals surface area (Å²) in [5.41, 5.74) is 2.60. The Morgan fingerprint density at radius 2 is 1.59 bits per heavy atom. The van der Waals surface area contributed by atoms with Crippen LogP contribution in [0, 0.1) is 11.3 Å². The maximum atomic E-state index is 13.3. The number of nitrogens with one attached hydrogen (secondary N) is 1. The number of carbonyl (C=O) groups is 2. The van der Waals surface area contributed by atoms with Gasteiger partial charge in [-0.2, -0.15) is 5.26 Å². The van der Waals surface area contributed by atoms with Crippen LogP contribution in [0.4, 0.5) is 0 Å². The number of hydrogen-bond donors (Lipinski definition) is 1. The van der Waals surface area contributed by atoms with Gasteiger partial charge in [0, 0.05) is 28.2 Å². The number of rotatable bonds is 5. The molecule has 5 nitrogen and oxygen atoms in total. The second kappa shape index (κ2) is 7.83. The summed E-state index contributed by atoms with van der Waals surface area (Å²) in [5, 5.41) is 9.68. The number of para-hydroxylation sites is 1. The zero-order valence-corrected chi connectivity index (χ0v) is 15.3. The van der Waals surface area contributed by atoms with Crippen molar-refractivity contribution in [1.29, 1.82) is 5.26 Å². The number of hydrogen-bond acceptors (Lipinski definition) is 4. The first kappa shape index (κ1) is 18.2. The van der Waals surface area contributed by atoms with E-state index in [-0.39, 0.29) is 11.3 Å². The number of aromatic nitrogens is 1. The minimum absolute atomic E-state index is 0.275. The Morgan fingerprint density at radius 1 is 0.897 bits per heavy atom. The molecule has 0 aliphatic heterocycles. The molecular formula is C24H16N2O3. The van der Waals surface area contributed by atoms with Crippen molar-refractivity contribution in [3.63, 3.8) is 0 Å². The summed E-state index contributed by atoms with van der Waals surface area (Å²) < 4.78 is 5.65. The molecule has 0 bridgehead atoms. The molecule has 3 aromatic carbocycles. The average molecular weight is 380 g/mol. The van der Waals surface area contributed by atoms with Crippen LogP contribution in [0.2, 0.25) is 0 Å². The molecule has 0 spiro atoms. The summed E-state index contributed by atoms with van der Waals surface area (Å²) in [6, 6.07) is 24.5. The molecule has 0 aliphatic carbocycles. The van der Waals surface area contributed by atoms with Gasteiger partial charge in [0.15, 0.2) is 6.10 Å². The van der Waals surface area contributed by atoms with E-state index in [9.17, 15) is 9.59 Å². The lowest BCUT2D eigenvalue weighted by atomic mass is 9.99. The fourth-order valence-electron chi connectivity index (χ4n) is 3.17. The highest BCUT2D eigenvalue weighted by Gasteiger charge is 2.28. The smallest absolute Gasteiger partial charge is 0.339 e. The summed E-state index contributed by atoms with van der Waals surface area (Å²) in [7, 11) is 0. The van der Waals surface area contributed by atoms with Crippen LogP contribution in [0.3, 0.4) is 0 Å². The second-order valence-electron chi connectivity index (χ2n) is 6.50. The number of nitrogens with zero attached hydrogens (tertiary/aromatic N) is 1. The number of ketones is 1. The summed E-state index contributed by atoms with van der Waals surface area (Å²) in [6.45, 7) is 0. The van der Waals surface area contributed by atoms with E-state index in [4.69, 9.17) is 10.00 Å². The molecule has 0 unspecified atom stereocenters. The van der Waals surface area contributed by atoms with Crippen LogP contribution in [0.1, 0.15) is 37.9 Å². The number of fused-ring (bicyclic) bond motifs is 1. The number of benzene rings is 3. The SMILES string of the molecule is N#Cc1ccc(C(=O)O[C@@H](C(=O)c2c[nH]c3ccccc23)c2ccccc2)cc1. The van der Waals surface area contributed by atoms with E-state index in [2.05, 4.69) is 4.98 Å². The largest absolute Gasteiger partial charge is 0.445 e. The third-order valence-electron chi connectivity index (χ3n) is 4.67. The maximum absolute atomic E-state index is 13.3. The van der Waals surface area contributed by atoms with Crippen molar-refractivity contribution < 1.29 is 14.3 Å².